The van der Waals surface area contributed by atoms with E-state index in [-0.39, 0.29) is 12.0 Å². The van der Waals surface area contributed by atoms with E-state index in [1.54, 1.807) is 6.07 Å². The van der Waals surface area contributed by atoms with E-state index in [1.807, 2.05) is 6.92 Å². The maximum atomic E-state index is 11.4. The molecule has 1 aliphatic heterocycles. The van der Waals surface area contributed by atoms with Crippen molar-refractivity contribution in [2.24, 2.45) is 0 Å². The maximum Gasteiger partial charge on any atom is 0.356 e. The van der Waals surface area contributed by atoms with Gasteiger partial charge in [0.05, 0.1) is 19.9 Å². The Morgan fingerprint density at radius 2 is 2.29 bits per heavy atom. The van der Waals surface area contributed by atoms with Crippen LogP contribution in [0.5, 0.6) is 5.75 Å². The fourth-order valence-electron chi connectivity index (χ4n) is 2.08. The van der Waals surface area contributed by atoms with Crippen molar-refractivity contribution < 1.29 is 23.7 Å². The van der Waals surface area contributed by atoms with Crippen LogP contribution in [0.1, 0.15) is 35.3 Å². The van der Waals surface area contributed by atoms with Crippen LogP contribution in [0.2, 0.25) is 0 Å². The Bertz CT molecular complexity index is 471. The number of aryl methyl sites for hydroxylation is 1. The van der Waals surface area contributed by atoms with Crippen molar-refractivity contribution in [3.63, 3.8) is 0 Å². The highest BCUT2D eigenvalue weighted by molar-refractivity contribution is 5.87. The van der Waals surface area contributed by atoms with Gasteiger partial charge in [-0.25, -0.2) is 9.78 Å². The third-order valence-corrected chi connectivity index (χ3v) is 3.24. The molecule has 116 valence electrons. The van der Waals surface area contributed by atoms with Gasteiger partial charge in [-0.3, -0.25) is 0 Å². The average molecular weight is 295 g/mol. The fourth-order valence-corrected chi connectivity index (χ4v) is 2.08. The molecule has 1 atom stereocenters. The Morgan fingerprint density at radius 1 is 1.43 bits per heavy atom. The normalized spacial score (nSPS) is 18.3. The number of methoxy groups -OCH3 is 1. The number of esters is 1. The first kappa shape index (κ1) is 15.7. The van der Waals surface area contributed by atoms with E-state index < -0.39 is 5.97 Å². The molecule has 0 radical (unpaired) electrons. The highest BCUT2D eigenvalue weighted by Gasteiger charge is 2.14. The zero-order valence-electron chi connectivity index (χ0n) is 12.5. The van der Waals surface area contributed by atoms with Crippen LogP contribution in [-0.2, 0) is 14.2 Å². The van der Waals surface area contributed by atoms with Crippen LogP contribution >= 0.6 is 0 Å². The summed E-state index contributed by atoms with van der Waals surface area (Å²) in [5, 5.41) is 0. The maximum absolute atomic E-state index is 11.4. The molecule has 1 aromatic heterocycles. The summed E-state index contributed by atoms with van der Waals surface area (Å²) in [6.45, 7) is 3.50. The van der Waals surface area contributed by atoms with Gasteiger partial charge in [0, 0.05) is 6.61 Å². The lowest BCUT2D eigenvalue weighted by atomic mass is 10.2. The second kappa shape index (κ2) is 7.95. The molecule has 0 bridgehead atoms. The third kappa shape index (κ3) is 4.68. The van der Waals surface area contributed by atoms with E-state index in [4.69, 9.17) is 14.2 Å². The highest BCUT2D eigenvalue weighted by atomic mass is 16.7. The number of nitrogens with zero attached hydrogens (tertiary/aromatic N) is 1. The lowest BCUT2D eigenvalue weighted by molar-refractivity contribution is -0.165. The van der Waals surface area contributed by atoms with Gasteiger partial charge in [-0.2, -0.15) is 0 Å². The largest absolute Gasteiger partial charge is 0.489 e. The van der Waals surface area contributed by atoms with Gasteiger partial charge >= 0.3 is 5.97 Å². The number of carbonyl (C=O) groups excluding carboxylic acids is 1. The standard InChI is InChI=1S/C15H21NO5/c1-11-9-12(15(17)18-2)16-10-13(11)19-7-8-21-14-5-3-4-6-20-14/h9-10,14H,3-8H2,1-2H3. The average Bonchev–Trinajstić information content (AvgIpc) is 2.53. The molecule has 1 unspecified atom stereocenters. The SMILES string of the molecule is COC(=O)c1cc(C)c(OCCOC2CCCCO2)cn1. The molecule has 0 N–H and O–H groups in total. The van der Waals surface area contributed by atoms with Gasteiger partial charge in [-0.1, -0.05) is 0 Å². The number of hydrogen-bond donors (Lipinski definition) is 0. The summed E-state index contributed by atoms with van der Waals surface area (Å²) in [6.07, 6.45) is 4.60. The fraction of sp³-hybridized carbons (Fsp3) is 0.600. The number of ether oxygens (including phenoxy) is 4. The number of pyridine rings is 1. The van der Waals surface area contributed by atoms with Gasteiger partial charge in [0.2, 0.25) is 0 Å². The van der Waals surface area contributed by atoms with Crippen molar-refractivity contribution in [2.75, 3.05) is 26.9 Å². The van der Waals surface area contributed by atoms with Crippen molar-refractivity contribution in [1.82, 2.24) is 4.98 Å². The van der Waals surface area contributed by atoms with Gasteiger partial charge < -0.3 is 18.9 Å². The molecular weight excluding hydrogens is 274 g/mol. The predicted octanol–water partition coefficient (Wildman–Crippen LogP) is 2.10. The summed E-state index contributed by atoms with van der Waals surface area (Å²) >= 11 is 0. The molecule has 2 heterocycles. The van der Waals surface area contributed by atoms with Crippen molar-refractivity contribution in [2.45, 2.75) is 32.5 Å². The summed E-state index contributed by atoms with van der Waals surface area (Å²) in [4.78, 5) is 15.4. The minimum absolute atomic E-state index is 0.108. The third-order valence-electron chi connectivity index (χ3n) is 3.24. The molecule has 1 aromatic rings. The molecule has 1 aliphatic rings. The van der Waals surface area contributed by atoms with Gasteiger partial charge in [-0.05, 0) is 37.8 Å². The molecule has 0 saturated carbocycles. The van der Waals surface area contributed by atoms with E-state index in [0.717, 1.165) is 31.4 Å². The summed E-state index contributed by atoms with van der Waals surface area (Å²) in [5.74, 6) is 0.179. The Labute approximate surface area is 124 Å². The summed E-state index contributed by atoms with van der Waals surface area (Å²) in [5.41, 5.74) is 1.11. The highest BCUT2D eigenvalue weighted by Crippen LogP contribution is 2.18. The lowest BCUT2D eigenvalue weighted by Gasteiger charge is -2.22. The molecule has 0 amide bonds. The van der Waals surface area contributed by atoms with Crippen LogP contribution in [0.4, 0.5) is 0 Å². The summed E-state index contributed by atoms with van der Waals surface area (Å²) < 4.78 is 21.3. The Morgan fingerprint density at radius 3 is 2.95 bits per heavy atom. The molecular formula is C15H21NO5. The van der Waals surface area contributed by atoms with Gasteiger partial charge in [0.1, 0.15) is 18.1 Å². The van der Waals surface area contributed by atoms with Crippen LogP contribution in [0, 0.1) is 6.92 Å². The van der Waals surface area contributed by atoms with E-state index in [0.29, 0.717) is 19.0 Å². The van der Waals surface area contributed by atoms with Crippen LogP contribution in [0.3, 0.4) is 0 Å². The zero-order valence-corrected chi connectivity index (χ0v) is 12.5. The minimum Gasteiger partial charge on any atom is -0.489 e. The van der Waals surface area contributed by atoms with Crippen molar-refractivity contribution in [1.29, 1.82) is 0 Å². The van der Waals surface area contributed by atoms with Gasteiger partial charge in [0.25, 0.3) is 0 Å². The zero-order chi connectivity index (χ0) is 15.1. The Kier molecular flexibility index (Phi) is 5.95. The van der Waals surface area contributed by atoms with Crippen molar-refractivity contribution >= 4 is 5.97 Å². The van der Waals surface area contributed by atoms with E-state index in [9.17, 15) is 4.79 Å². The second-order valence-electron chi connectivity index (χ2n) is 4.84. The number of aromatic nitrogens is 1. The van der Waals surface area contributed by atoms with Gasteiger partial charge in [0.15, 0.2) is 6.29 Å². The number of carbonyl (C=O) groups is 1. The minimum atomic E-state index is -0.456. The van der Waals surface area contributed by atoms with Crippen LogP contribution in [0.15, 0.2) is 12.3 Å². The summed E-state index contributed by atoms with van der Waals surface area (Å²) in [7, 11) is 1.33. The van der Waals surface area contributed by atoms with Crippen molar-refractivity contribution in [3.05, 3.63) is 23.5 Å². The topological polar surface area (TPSA) is 66.9 Å². The second-order valence-corrected chi connectivity index (χ2v) is 4.84. The monoisotopic (exact) mass is 295 g/mol. The number of hydrogen-bond acceptors (Lipinski definition) is 6. The van der Waals surface area contributed by atoms with E-state index in [2.05, 4.69) is 9.72 Å². The molecule has 21 heavy (non-hydrogen) atoms. The Balaban J connectivity index is 1.76. The lowest BCUT2D eigenvalue weighted by Crippen LogP contribution is -2.24. The Hall–Kier alpha value is -1.66. The smallest absolute Gasteiger partial charge is 0.356 e. The van der Waals surface area contributed by atoms with Crippen LogP contribution in [0.25, 0.3) is 0 Å². The predicted molar refractivity (Wildman–Crippen MR) is 75.4 cm³/mol. The van der Waals surface area contributed by atoms with Crippen LogP contribution < -0.4 is 4.74 Å². The molecule has 1 fully saturated rings. The molecule has 0 aliphatic carbocycles. The molecule has 2 rings (SSSR count). The molecule has 0 spiro atoms. The molecule has 0 aromatic carbocycles. The van der Waals surface area contributed by atoms with Crippen molar-refractivity contribution in [3.8, 4) is 5.75 Å². The van der Waals surface area contributed by atoms with Crippen LogP contribution in [-0.4, -0.2) is 44.2 Å². The first-order valence-electron chi connectivity index (χ1n) is 7.11. The first-order valence-corrected chi connectivity index (χ1v) is 7.11. The molecule has 6 heteroatoms. The molecule has 1 saturated heterocycles. The quantitative estimate of drug-likeness (QED) is 0.591. The van der Waals surface area contributed by atoms with E-state index in [1.165, 1.54) is 13.3 Å². The number of rotatable bonds is 6. The van der Waals surface area contributed by atoms with E-state index >= 15 is 0 Å². The van der Waals surface area contributed by atoms with Gasteiger partial charge in [-0.15, -0.1) is 0 Å². The molecule has 6 nitrogen and oxygen atoms in total. The summed E-state index contributed by atoms with van der Waals surface area (Å²) in [6, 6.07) is 1.65. The first-order chi connectivity index (χ1) is 10.2.